The number of hydrogen-bond donors (Lipinski definition) is 3. The number of rotatable bonds is 8. The molecule has 6 nitrogen and oxygen atoms in total. The number of para-hydroxylation sites is 1. The molecule has 0 fully saturated rings. The molecule has 4 N–H and O–H groups in total. The van der Waals surface area contributed by atoms with Crippen molar-refractivity contribution in [2.24, 2.45) is 11.7 Å². The summed E-state index contributed by atoms with van der Waals surface area (Å²) in [5.41, 5.74) is 5.86. The lowest BCUT2D eigenvalue weighted by atomic mass is 10.0. The Morgan fingerprint density at radius 2 is 1.71 bits per heavy atom. The Balaban J connectivity index is 0.00000392. The Hall–Kier alpha value is -2.16. The molecule has 0 aromatic heterocycles. The van der Waals surface area contributed by atoms with Gasteiger partial charge >= 0.3 is 0 Å². The summed E-state index contributed by atoms with van der Waals surface area (Å²) in [7, 11) is -3.96. The zero-order valence-corrected chi connectivity index (χ0v) is 17.3. The van der Waals surface area contributed by atoms with E-state index in [1.807, 2.05) is 13.8 Å². The average molecular weight is 430 g/mol. The van der Waals surface area contributed by atoms with Crippen molar-refractivity contribution in [1.82, 2.24) is 5.32 Å². The molecule has 2 rings (SSSR count). The van der Waals surface area contributed by atoms with Gasteiger partial charge in [0.1, 0.15) is 5.82 Å². The normalized spacial score (nSPS) is 12.2. The first-order valence-electron chi connectivity index (χ1n) is 8.61. The number of benzene rings is 2. The van der Waals surface area contributed by atoms with Gasteiger partial charge in [0.25, 0.3) is 15.9 Å². The second-order valence-corrected chi connectivity index (χ2v) is 8.33. The third-order valence-corrected chi connectivity index (χ3v) is 5.30. The van der Waals surface area contributed by atoms with Crippen LogP contribution < -0.4 is 15.8 Å². The molecule has 0 spiro atoms. The monoisotopic (exact) mass is 429 g/mol. The fourth-order valence-corrected chi connectivity index (χ4v) is 3.65. The maximum Gasteiger partial charge on any atom is 0.261 e. The minimum atomic E-state index is -3.96. The van der Waals surface area contributed by atoms with E-state index in [-0.39, 0.29) is 34.9 Å². The van der Waals surface area contributed by atoms with Gasteiger partial charge in [-0.05, 0) is 48.7 Å². The molecule has 9 heteroatoms. The first kappa shape index (κ1) is 23.9. The predicted octanol–water partition coefficient (Wildman–Crippen LogP) is 3.15. The zero-order chi connectivity index (χ0) is 20.0. The Bertz CT molecular complexity index is 890. The molecule has 154 valence electrons. The van der Waals surface area contributed by atoms with Gasteiger partial charge in [0, 0.05) is 18.2 Å². The third kappa shape index (κ3) is 6.47. The van der Waals surface area contributed by atoms with Crippen LogP contribution in [-0.2, 0) is 10.0 Å². The Labute approximate surface area is 171 Å². The van der Waals surface area contributed by atoms with E-state index < -0.39 is 15.8 Å². The number of halogens is 2. The van der Waals surface area contributed by atoms with Crippen LogP contribution >= 0.6 is 12.4 Å². The minimum absolute atomic E-state index is 0. The van der Waals surface area contributed by atoms with E-state index >= 15 is 0 Å². The highest BCUT2D eigenvalue weighted by Gasteiger charge is 2.18. The maximum absolute atomic E-state index is 13.7. The van der Waals surface area contributed by atoms with Crippen LogP contribution in [0.2, 0.25) is 0 Å². The highest BCUT2D eigenvalue weighted by atomic mass is 35.5. The van der Waals surface area contributed by atoms with Crippen LogP contribution in [0.25, 0.3) is 0 Å². The van der Waals surface area contributed by atoms with Crippen molar-refractivity contribution in [3.05, 3.63) is 59.9 Å². The number of nitrogens with one attached hydrogen (secondary N) is 2. The van der Waals surface area contributed by atoms with E-state index in [9.17, 15) is 17.6 Å². The molecule has 2 aromatic carbocycles. The summed E-state index contributed by atoms with van der Waals surface area (Å²) in [6.45, 7) is 4.40. The summed E-state index contributed by atoms with van der Waals surface area (Å²) in [6, 6.07) is 10.8. The smallest absolute Gasteiger partial charge is 0.261 e. The van der Waals surface area contributed by atoms with E-state index in [1.165, 1.54) is 42.5 Å². The van der Waals surface area contributed by atoms with Gasteiger partial charge in [-0.15, -0.1) is 12.4 Å². The molecule has 0 bridgehead atoms. The van der Waals surface area contributed by atoms with Crippen molar-refractivity contribution in [2.45, 2.75) is 31.2 Å². The molecule has 0 aliphatic heterocycles. The highest BCUT2D eigenvalue weighted by Crippen LogP contribution is 2.19. The van der Waals surface area contributed by atoms with Crippen LogP contribution in [0.15, 0.2) is 53.4 Å². The van der Waals surface area contributed by atoms with Gasteiger partial charge in [0.05, 0.1) is 10.6 Å². The number of sulfonamides is 1. The number of carbonyl (C=O) groups is 1. The van der Waals surface area contributed by atoms with Crippen LogP contribution in [0.3, 0.4) is 0 Å². The fraction of sp³-hybridized carbons (Fsp3) is 0.316. The molecule has 0 saturated carbocycles. The fourth-order valence-electron chi connectivity index (χ4n) is 2.58. The van der Waals surface area contributed by atoms with Crippen LogP contribution in [0.5, 0.6) is 0 Å². The predicted molar refractivity (Wildman–Crippen MR) is 111 cm³/mol. The summed E-state index contributed by atoms with van der Waals surface area (Å²) >= 11 is 0. The van der Waals surface area contributed by atoms with Crippen LogP contribution in [-0.4, -0.2) is 26.9 Å². The molecule has 0 heterocycles. The molecule has 1 amide bonds. The molecule has 0 aliphatic carbocycles. The van der Waals surface area contributed by atoms with E-state index in [4.69, 9.17) is 5.73 Å². The van der Waals surface area contributed by atoms with Gasteiger partial charge in [-0.3, -0.25) is 9.52 Å². The molecule has 0 aliphatic rings. The van der Waals surface area contributed by atoms with Crippen molar-refractivity contribution in [3.63, 3.8) is 0 Å². The lowest BCUT2D eigenvalue weighted by Gasteiger charge is -2.19. The SMILES string of the molecule is CC(C)CC(CN)NC(=O)c1ccc(S(=O)(=O)Nc2ccccc2F)cc1.Cl. The van der Waals surface area contributed by atoms with Gasteiger partial charge in [-0.2, -0.15) is 0 Å². The van der Waals surface area contributed by atoms with Gasteiger partial charge < -0.3 is 11.1 Å². The highest BCUT2D eigenvalue weighted by molar-refractivity contribution is 7.92. The van der Waals surface area contributed by atoms with Gasteiger partial charge in [-0.25, -0.2) is 12.8 Å². The Morgan fingerprint density at radius 1 is 1.11 bits per heavy atom. The Kier molecular flexibility index (Phi) is 8.87. The second-order valence-electron chi connectivity index (χ2n) is 6.65. The van der Waals surface area contributed by atoms with E-state index in [1.54, 1.807) is 0 Å². The van der Waals surface area contributed by atoms with Crippen molar-refractivity contribution in [1.29, 1.82) is 0 Å². The number of carbonyl (C=O) groups excluding carboxylic acids is 1. The number of anilines is 1. The molecule has 28 heavy (non-hydrogen) atoms. The van der Waals surface area contributed by atoms with E-state index in [0.29, 0.717) is 18.0 Å². The van der Waals surface area contributed by atoms with E-state index in [2.05, 4.69) is 10.0 Å². The topological polar surface area (TPSA) is 101 Å². The first-order valence-corrected chi connectivity index (χ1v) is 10.1. The minimum Gasteiger partial charge on any atom is -0.348 e. The average Bonchev–Trinajstić information content (AvgIpc) is 2.62. The molecular formula is C19H25ClFN3O3S. The maximum atomic E-state index is 13.7. The van der Waals surface area contributed by atoms with Gasteiger partial charge in [0.2, 0.25) is 0 Å². The first-order chi connectivity index (χ1) is 12.7. The summed E-state index contributed by atoms with van der Waals surface area (Å²) in [4.78, 5) is 12.2. The molecule has 1 unspecified atom stereocenters. The van der Waals surface area contributed by atoms with Crippen molar-refractivity contribution >= 4 is 34.0 Å². The molecular weight excluding hydrogens is 405 g/mol. The summed E-state index contributed by atoms with van der Waals surface area (Å²) < 4.78 is 40.6. The summed E-state index contributed by atoms with van der Waals surface area (Å²) in [5, 5.41) is 2.84. The number of amides is 1. The molecule has 2 aromatic rings. The largest absolute Gasteiger partial charge is 0.348 e. The zero-order valence-electron chi connectivity index (χ0n) is 15.7. The van der Waals surface area contributed by atoms with E-state index in [0.717, 1.165) is 12.5 Å². The van der Waals surface area contributed by atoms with Crippen LogP contribution in [0.1, 0.15) is 30.6 Å². The summed E-state index contributed by atoms with van der Waals surface area (Å²) in [5.74, 6) is -0.608. The third-order valence-electron chi connectivity index (χ3n) is 3.92. The standard InChI is InChI=1S/C19H24FN3O3S.ClH/c1-13(2)11-15(12-21)22-19(24)14-7-9-16(10-8-14)27(25,26)23-18-6-4-3-5-17(18)20;/h3-10,13,15,23H,11-12,21H2,1-2H3,(H,22,24);1H. The van der Waals surface area contributed by atoms with Crippen LogP contribution in [0.4, 0.5) is 10.1 Å². The molecule has 0 radical (unpaired) electrons. The van der Waals surface area contributed by atoms with Crippen LogP contribution in [0, 0.1) is 11.7 Å². The summed E-state index contributed by atoms with van der Waals surface area (Å²) in [6.07, 6.45) is 0.751. The molecule has 0 saturated heterocycles. The lowest BCUT2D eigenvalue weighted by Crippen LogP contribution is -2.41. The Morgan fingerprint density at radius 3 is 2.25 bits per heavy atom. The van der Waals surface area contributed by atoms with Gasteiger partial charge in [-0.1, -0.05) is 26.0 Å². The van der Waals surface area contributed by atoms with Crippen molar-refractivity contribution < 1.29 is 17.6 Å². The quantitative estimate of drug-likeness (QED) is 0.599. The molecule has 1 atom stereocenters. The van der Waals surface area contributed by atoms with Crippen molar-refractivity contribution in [2.75, 3.05) is 11.3 Å². The van der Waals surface area contributed by atoms with Gasteiger partial charge in [0.15, 0.2) is 0 Å². The van der Waals surface area contributed by atoms with Crippen molar-refractivity contribution in [3.8, 4) is 0 Å². The second kappa shape index (κ2) is 10.4. The lowest BCUT2D eigenvalue weighted by molar-refractivity contribution is 0.0933. The number of hydrogen-bond acceptors (Lipinski definition) is 4. The number of nitrogens with two attached hydrogens (primary N) is 1.